The van der Waals surface area contributed by atoms with Gasteiger partial charge in [-0.05, 0) is 50.8 Å². The van der Waals surface area contributed by atoms with Gasteiger partial charge in [0.25, 0.3) is 5.56 Å². The molecule has 0 unspecified atom stereocenters. The third-order valence-electron chi connectivity index (χ3n) is 4.82. The molecule has 5 heteroatoms. The van der Waals surface area contributed by atoms with E-state index in [1.807, 2.05) is 13.0 Å². The van der Waals surface area contributed by atoms with Crippen molar-refractivity contribution < 1.29 is 9.50 Å². The summed E-state index contributed by atoms with van der Waals surface area (Å²) in [5.41, 5.74) is 2.00. The van der Waals surface area contributed by atoms with E-state index in [1.165, 1.54) is 12.5 Å². The zero-order valence-corrected chi connectivity index (χ0v) is 14.2. The summed E-state index contributed by atoms with van der Waals surface area (Å²) in [7, 11) is 0. The van der Waals surface area contributed by atoms with Gasteiger partial charge in [-0.25, -0.2) is 4.39 Å². The Morgan fingerprint density at radius 1 is 1.25 bits per heavy atom. The molecule has 4 nitrogen and oxygen atoms in total. The average molecular weight is 330 g/mol. The van der Waals surface area contributed by atoms with Crippen molar-refractivity contribution >= 4 is 5.69 Å². The van der Waals surface area contributed by atoms with Crippen LogP contribution in [0, 0.1) is 12.7 Å². The van der Waals surface area contributed by atoms with Gasteiger partial charge in [0.2, 0.25) is 0 Å². The molecule has 0 radical (unpaired) electrons. The highest BCUT2D eigenvalue weighted by molar-refractivity contribution is 5.69. The number of hydrogen-bond donors (Lipinski definition) is 2. The summed E-state index contributed by atoms with van der Waals surface area (Å²) < 4.78 is 14.7. The van der Waals surface area contributed by atoms with Crippen molar-refractivity contribution in [2.45, 2.75) is 39.5 Å². The van der Waals surface area contributed by atoms with Crippen LogP contribution in [0.4, 0.5) is 10.1 Å². The minimum absolute atomic E-state index is 0.0456. The molecular formula is C19H23FN2O2. The van der Waals surface area contributed by atoms with Gasteiger partial charge in [-0.15, -0.1) is 0 Å². The Kier molecular flexibility index (Phi) is 4.60. The van der Waals surface area contributed by atoms with Crippen LogP contribution in [0.2, 0.25) is 0 Å². The summed E-state index contributed by atoms with van der Waals surface area (Å²) in [5, 5.41) is 10.2. The van der Waals surface area contributed by atoms with E-state index in [0.29, 0.717) is 23.2 Å². The lowest BCUT2D eigenvalue weighted by molar-refractivity contribution is 0.463. The predicted molar refractivity (Wildman–Crippen MR) is 94.3 cm³/mol. The Morgan fingerprint density at radius 3 is 2.58 bits per heavy atom. The van der Waals surface area contributed by atoms with Gasteiger partial charge >= 0.3 is 0 Å². The highest BCUT2D eigenvalue weighted by atomic mass is 19.1. The second kappa shape index (κ2) is 6.67. The highest BCUT2D eigenvalue weighted by Crippen LogP contribution is 2.33. The number of aromatic amines is 1. The quantitative estimate of drug-likeness (QED) is 0.901. The molecule has 1 aromatic heterocycles. The fourth-order valence-electron chi connectivity index (χ4n) is 3.36. The number of aromatic nitrogens is 1. The van der Waals surface area contributed by atoms with Gasteiger partial charge in [0.1, 0.15) is 11.6 Å². The molecule has 1 fully saturated rings. The molecule has 2 N–H and O–H groups in total. The van der Waals surface area contributed by atoms with Crippen molar-refractivity contribution in [1.29, 1.82) is 0 Å². The SMILES string of the molecule is CCc1c(-c2ccc(N3CCCCC3)cc2F)[nH]c(=O)c(C)c1O. The average Bonchev–Trinajstić information content (AvgIpc) is 2.60. The van der Waals surface area contributed by atoms with Crippen molar-refractivity contribution in [3.8, 4) is 17.0 Å². The van der Waals surface area contributed by atoms with Gasteiger partial charge in [0, 0.05) is 29.9 Å². The van der Waals surface area contributed by atoms with Gasteiger partial charge in [0.15, 0.2) is 0 Å². The molecular weight excluding hydrogens is 307 g/mol. The second-order valence-electron chi connectivity index (χ2n) is 6.35. The molecule has 2 aromatic rings. The number of hydrogen-bond acceptors (Lipinski definition) is 3. The first-order valence-corrected chi connectivity index (χ1v) is 8.52. The van der Waals surface area contributed by atoms with E-state index >= 15 is 0 Å². The number of rotatable bonds is 3. The first kappa shape index (κ1) is 16.6. The summed E-state index contributed by atoms with van der Waals surface area (Å²) in [5.74, 6) is -0.428. The smallest absolute Gasteiger partial charge is 0.255 e. The van der Waals surface area contributed by atoms with E-state index in [4.69, 9.17) is 0 Å². The number of nitrogens with zero attached hydrogens (tertiary/aromatic N) is 1. The Labute approximate surface area is 141 Å². The van der Waals surface area contributed by atoms with Crippen LogP contribution in [-0.4, -0.2) is 23.2 Å². The minimum atomic E-state index is -0.390. The monoisotopic (exact) mass is 330 g/mol. The first-order chi connectivity index (χ1) is 11.5. The maximum Gasteiger partial charge on any atom is 0.255 e. The zero-order chi connectivity index (χ0) is 17.3. The van der Waals surface area contributed by atoms with Crippen LogP contribution in [0.15, 0.2) is 23.0 Å². The normalized spacial score (nSPS) is 14.9. The molecule has 1 aliphatic rings. The van der Waals surface area contributed by atoms with Gasteiger partial charge in [-0.2, -0.15) is 0 Å². The lowest BCUT2D eigenvalue weighted by atomic mass is 10.00. The molecule has 1 saturated heterocycles. The maximum atomic E-state index is 14.7. The van der Waals surface area contributed by atoms with Gasteiger partial charge in [0.05, 0.1) is 11.3 Å². The molecule has 1 aliphatic heterocycles. The summed E-state index contributed by atoms with van der Waals surface area (Å²) in [6.45, 7) is 5.32. The highest BCUT2D eigenvalue weighted by Gasteiger charge is 2.18. The van der Waals surface area contributed by atoms with Crippen molar-refractivity contribution in [1.82, 2.24) is 4.98 Å². The van der Waals surface area contributed by atoms with E-state index in [2.05, 4.69) is 9.88 Å². The Morgan fingerprint density at radius 2 is 1.96 bits per heavy atom. The number of aromatic hydroxyl groups is 1. The summed E-state index contributed by atoms with van der Waals surface area (Å²) in [6.07, 6.45) is 3.98. The fraction of sp³-hybridized carbons (Fsp3) is 0.421. The molecule has 2 heterocycles. The molecule has 0 saturated carbocycles. The van der Waals surface area contributed by atoms with E-state index in [9.17, 15) is 14.3 Å². The minimum Gasteiger partial charge on any atom is -0.507 e. The van der Waals surface area contributed by atoms with E-state index in [-0.39, 0.29) is 22.7 Å². The van der Waals surface area contributed by atoms with Crippen LogP contribution >= 0.6 is 0 Å². The number of piperidine rings is 1. The number of anilines is 1. The van der Waals surface area contributed by atoms with Crippen molar-refractivity contribution in [2.75, 3.05) is 18.0 Å². The molecule has 128 valence electrons. The van der Waals surface area contributed by atoms with Crippen molar-refractivity contribution in [3.63, 3.8) is 0 Å². The second-order valence-corrected chi connectivity index (χ2v) is 6.35. The summed E-state index contributed by atoms with van der Waals surface area (Å²) in [6, 6.07) is 5.10. The molecule has 0 bridgehead atoms. The van der Waals surface area contributed by atoms with Crippen LogP contribution in [0.25, 0.3) is 11.3 Å². The van der Waals surface area contributed by atoms with Gasteiger partial charge in [-0.3, -0.25) is 4.79 Å². The number of H-pyrrole nitrogens is 1. The molecule has 24 heavy (non-hydrogen) atoms. The molecule has 0 atom stereocenters. The number of halogens is 1. The van der Waals surface area contributed by atoms with Crippen LogP contribution in [0.3, 0.4) is 0 Å². The van der Waals surface area contributed by atoms with E-state index < -0.39 is 0 Å². The topological polar surface area (TPSA) is 56.3 Å². The number of pyridine rings is 1. The summed E-state index contributed by atoms with van der Waals surface area (Å²) in [4.78, 5) is 16.9. The third-order valence-corrected chi connectivity index (χ3v) is 4.82. The molecule has 0 amide bonds. The lowest BCUT2D eigenvalue weighted by Crippen LogP contribution is -2.29. The molecule has 0 aliphatic carbocycles. The summed E-state index contributed by atoms with van der Waals surface area (Å²) >= 11 is 0. The first-order valence-electron chi connectivity index (χ1n) is 8.52. The molecule has 0 spiro atoms. The van der Waals surface area contributed by atoms with Gasteiger partial charge in [-0.1, -0.05) is 6.92 Å². The standard InChI is InChI=1S/C19H23FN2O2/c1-3-14-17(21-19(24)12(2)18(14)23)15-8-7-13(11-16(15)20)22-9-5-4-6-10-22/h7-8,11H,3-6,9-10H2,1-2H3,(H2,21,23,24). The maximum absolute atomic E-state index is 14.7. The van der Waals surface area contributed by atoms with Crippen molar-refractivity contribution in [3.05, 3.63) is 45.5 Å². The van der Waals surface area contributed by atoms with Crippen LogP contribution in [-0.2, 0) is 6.42 Å². The number of nitrogens with one attached hydrogen (secondary N) is 1. The van der Waals surface area contributed by atoms with Gasteiger partial charge < -0.3 is 15.0 Å². The predicted octanol–water partition coefficient (Wildman–Crippen LogP) is 3.75. The zero-order valence-electron chi connectivity index (χ0n) is 14.2. The van der Waals surface area contributed by atoms with Crippen LogP contribution in [0.5, 0.6) is 5.75 Å². The Bertz CT molecular complexity index is 808. The Balaban J connectivity index is 2.06. The molecule has 3 rings (SSSR count). The third kappa shape index (κ3) is 2.90. The van der Waals surface area contributed by atoms with Crippen LogP contribution in [0.1, 0.15) is 37.3 Å². The number of benzene rings is 1. The Hall–Kier alpha value is -2.30. The molecule has 1 aromatic carbocycles. The van der Waals surface area contributed by atoms with E-state index in [1.54, 1.807) is 13.0 Å². The van der Waals surface area contributed by atoms with E-state index in [0.717, 1.165) is 31.6 Å². The van der Waals surface area contributed by atoms with Crippen LogP contribution < -0.4 is 10.5 Å². The largest absolute Gasteiger partial charge is 0.507 e. The van der Waals surface area contributed by atoms with Crippen molar-refractivity contribution in [2.24, 2.45) is 0 Å². The fourth-order valence-corrected chi connectivity index (χ4v) is 3.36. The lowest BCUT2D eigenvalue weighted by Gasteiger charge is -2.29.